The summed E-state index contributed by atoms with van der Waals surface area (Å²) in [6, 6.07) is -0.937. The van der Waals surface area contributed by atoms with Crippen LogP contribution in [0.1, 0.15) is 13.3 Å². The van der Waals surface area contributed by atoms with Crippen LogP contribution in [-0.2, 0) is 28.7 Å². The van der Waals surface area contributed by atoms with E-state index in [-0.39, 0.29) is 71.1 Å². The van der Waals surface area contributed by atoms with Gasteiger partial charge in [0.1, 0.15) is 18.0 Å². The Hall–Kier alpha value is -1.54. The molecule has 14 heteroatoms. The number of carboxylic acid groups (broad SMARTS) is 1. The van der Waals surface area contributed by atoms with Crippen molar-refractivity contribution < 1.29 is 63.4 Å². The predicted molar refractivity (Wildman–Crippen MR) is 106 cm³/mol. The van der Waals surface area contributed by atoms with Crippen LogP contribution in [0.25, 0.3) is 0 Å². The third-order valence-electron chi connectivity index (χ3n) is 4.38. The maximum absolute atomic E-state index is 12.5. The summed E-state index contributed by atoms with van der Waals surface area (Å²) in [4.78, 5) is 64.3. The molecule has 162 valence electrons. The van der Waals surface area contributed by atoms with E-state index in [4.69, 9.17) is 4.74 Å². The molecule has 1 unspecified atom stereocenters. The monoisotopic (exact) mass is 478 g/mol. The van der Waals surface area contributed by atoms with Crippen LogP contribution in [0.5, 0.6) is 0 Å². The fourth-order valence-electron chi connectivity index (χ4n) is 3.05. The summed E-state index contributed by atoms with van der Waals surface area (Å²) in [6.07, 6.45) is -0.387. The number of fused-ring (bicyclic) bond motifs is 1. The average molecular weight is 478 g/mol. The van der Waals surface area contributed by atoms with Gasteiger partial charge in [0.25, 0.3) is 5.91 Å². The van der Waals surface area contributed by atoms with Gasteiger partial charge in [-0.2, -0.15) is 0 Å². The van der Waals surface area contributed by atoms with Crippen LogP contribution in [0.15, 0.2) is 16.3 Å². The third-order valence-corrected chi connectivity index (χ3v) is 6.73. The minimum Gasteiger partial charge on any atom is -0.543 e. The molecule has 2 atom stereocenters. The third kappa shape index (κ3) is 6.25. The Morgan fingerprint density at radius 3 is 2.74 bits per heavy atom. The quantitative estimate of drug-likeness (QED) is 0.149. The molecule has 3 heterocycles. The van der Waals surface area contributed by atoms with Gasteiger partial charge in [0.2, 0.25) is 5.91 Å². The first-order chi connectivity index (χ1) is 14.3. The molecule has 3 aliphatic heterocycles. The standard InChI is InChI=1S/C17H20N4O7S2.Na/c1-8(22)28-5-9-6-29-15-12(14(25)21(15)13(9)16(26)27)20-11(24)4-10(23)7-30-17-18-2-3-19-17;/h12,15H,2-7H2,1H3,(H,18,19)(H,20,24)(H,26,27);/q;+1/p-1/t12?,15-;/m0./s1. The van der Waals surface area contributed by atoms with E-state index in [1.165, 1.54) is 30.4 Å². The van der Waals surface area contributed by atoms with E-state index in [0.717, 1.165) is 11.4 Å². The molecule has 0 aromatic rings. The number of hydrogen-bond acceptors (Lipinski definition) is 11. The number of hydrogen-bond donors (Lipinski definition) is 2. The molecule has 2 N–H and O–H groups in total. The fraction of sp³-hybridized carbons (Fsp3) is 0.529. The first-order valence-corrected chi connectivity index (χ1v) is 11.0. The number of β-lactam (4-membered cyclic amide) rings is 1. The topological polar surface area (TPSA) is 157 Å². The SMILES string of the molecule is CC(=O)OCC1=C(C(=O)[O-])N2C(=O)C(NC(=O)CC(=O)CSC3=NCCN3)[C@@H]2SC1.[Na+]. The maximum Gasteiger partial charge on any atom is 1.00 e. The smallest absolute Gasteiger partial charge is 0.543 e. The number of nitrogens with one attached hydrogen (secondary N) is 2. The van der Waals surface area contributed by atoms with Crippen LogP contribution >= 0.6 is 23.5 Å². The first kappa shape index (κ1) is 25.7. The summed E-state index contributed by atoms with van der Waals surface area (Å²) in [5, 5.41) is 17.1. The molecule has 3 aliphatic rings. The van der Waals surface area contributed by atoms with E-state index in [0.29, 0.717) is 11.7 Å². The number of ether oxygens (including phenoxy) is 1. The average Bonchev–Trinajstić information content (AvgIpc) is 3.21. The van der Waals surface area contributed by atoms with Crippen molar-refractivity contribution in [2.45, 2.75) is 24.8 Å². The Bertz CT molecular complexity index is 863. The minimum atomic E-state index is -1.56. The van der Waals surface area contributed by atoms with E-state index >= 15 is 0 Å². The fourth-order valence-corrected chi connectivity index (χ4v) is 5.16. The zero-order valence-electron chi connectivity index (χ0n) is 17.0. The molecule has 0 saturated carbocycles. The van der Waals surface area contributed by atoms with E-state index in [1.54, 1.807) is 0 Å². The van der Waals surface area contributed by atoms with Gasteiger partial charge in [-0.1, -0.05) is 11.8 Å². The van der Waals surface area contributed by atoms with Crippen molar-refractivity contribution in [1.82, 2.24) is 15.5 Å². The number of esters is 1. The second-order valence-electron chi connectivity index (χ2n) is 6.59. The van der Waals surface area contributed by atoms with Crippen LogP contribution in [0.4, 0.5) is 0 Å². The molecular weight excluding hydrogens is 459 g/mol. The molecule has 1 saturated heterocycles. The number of aliphatic imine (C=N–C) groups is 1. The van der Waals surface area contributed by atoms with Crippen LogP contribution in [0.3, 0.4) is 0 Å². The van der Waals surface area contributed by atoms with E-state index < -0.39 is 35.2 Å². The van der Waals surface area contributed by atoms with Crippen LogP contribution < -0.4 is 45.3 Å². The van der Waals surface area contributed by atoms with Gasteiger partial charge in [0.15, 0.2) is 11.0 Å². The zero-order chi connectivity index (χ0) is 21.8. The van der Waals surface area contributed by atoms with Crippen LogP contribution in [-0.4, -0.2) is 82.2 Å². The number of amidine groups is 1. The number of carbonyl (C=O) groups is 5. The Morgan fingerprint density at radius 1 is 1.39 bits per heavy atom. The van der Waals surface area contributed by atoms with Crippen molar-refractivity contribution in [2.24, 2.45) is 4.99 Å². The summed E-state index contributed by atoms with van der Waals surface area (Å²) in [7, 11) is 0. The number of aliphatic carboxylic acids is 1. The molecule has 3 rings (SSSR count). The van der Waals surface area contributed by atoms with Crippen molar-refractivity contribution in [3.05, 3.63) is 11.3 Å². The van der Waals surface area contributed by atoms with Crippen molar-refractivity contribution in [3.8, 4) is 0 Å². The largest absolute Gasteiger partial charge is 1.00 e. The Labute approximate surface area is 208 Å². The number of amides is 2. The van der Waals surface area contributed by atoms with Gasteiger partial charge in [-0.15, -0.1) is 11.8 Å². The van der Waals surface area contributed by atoms with Gasteiger partial charge < -0.3 is 25.3 Å². The molecule has 31 heavy (non-hydrogen) atoms. The summed E-state index contributed by atoms with van der Waals surface area (Å²) >= 11 is 2.45. The van der Waals surface area contributed by atoms with Gasteiger partial charge >= 0.3 is 35.5 Å². The second kappa shape index (κ2) is 11.4. The Morgan fingerprint density at radius 2 is 2.13 bits per heavy atom. The van der Waals surface area contributed by atoms with E-state index in [1.807, 2.05) is 0 Å². The van der Waals surface area contributed by atoms with Gasteiger partial charge in [-0.05, 0) is 0 Å². The molecule has 0 radical (unpaired) electrons. The van der Waals surface area contributed by atoms with Gasteiger partial charge in [0.05, 0.1) is 30.4 Å². The summed E-state index contributed by atoms with van der Waals surface area (Å²) < 4.78 is 4.84. The normalized spacial score (nSPS) is 21.8. The molecule has 2 amide bonds. The number of carbonyl (C=O) groups excluding carboxylic acids is 5. The van der Waals surface area contributed by atoms with Crippen molar-refractivity contribution in [1.29, 1.82) is 0 Å². The molecule has 0 aromatic heterocycles. The number of carboxylic acids is 1. The molecule has 1 fully saturated rings. The molecular formula is C17H19N4NaO7S2. The molecule has 0 aromatic carbocycles. The molecule has 11 nitrogen and oxygen atoms in total. The predicted octanol–water partition coefficient (Wildman–Crippen LogP) is -5.39. The summed E-state index contributed by atoms with van der Waals surface area (Å²) in [6.45, 7) is 2.31. The number of nitrogens with zero attached hydrogens (tertiary/aromatic N) is 2. The number of ketones is 1. The first-order valence-electron chi connectivity index (χ1n) is 9.01. The van der Waals surface area contributed by atoms with Crippen molar-refractivity contribution in [2.75, 3.05) is 31.2 Å². The summed E-state index contributed by atoms with van der Waals surface area (Å²) in [5.41, 5.74) is -0.0898. The Kier molecular flexibility index (Phi) is 9.43. The van der Waals surface area contributed by atoms with Gasteiger partial charge in [-0.3, -0.25) is 29.1 Å². The number of thioether (sulfide) groups is 2. The minimum absolute atomic E-state index is 0. The van der Waals surface area contributed by atoms with Crippen molar-refractivity contribution >= 4 is 58.2 Å². The zero-order valence-corrected chi connectivity index (χ0v) is 20.6. The van der Waals surface area contributed by atoms with Gasteiger partial charge in [0, 0.05) is 24.8 Å². The molecule has 0 spiro atoms. The van der Waals surface area contributed by atoms with Crippen LogP contribution in [0.2, 0.25) is 0 Å². The number of rotatable bonds is 8. The Balaban J connectivity index is 0.00000341. The van der Waals surface area contributed by atoms with E-state index in [2.05, 4.69) is 15.6 Å². The second-order valence-corrected chi connectivity index (χ2v) is 8.66. The maximum atomic E-state index is 12.5. The number of Topliss-reactive ketones (excluding diaryl/α,β-unsaturated/α-hetero) is 1. The van der Waals surface area contributed by atoms with E-state index in [9.17, 15) is 29.1 Å². The van der Waals surface area contributed by atoms with Gasteiger partial charge in [-0.25, -0.2) is 0 Å². The van der Waals surface area contributed by atoms with Crippen molar-refractivity contribution in [3.63, 3.8) is 0 Å². The molecule has 0 bridgehead atoms. The molecule has 0 aliphatic carbocycles. The summed E-state index contributed by atoms with van der Waals surface area (Å²) in [5.74, 6) is -3.40. The van der Waals surface area contributed by atoms with Crippen LogP contribution in [0, 0.1) is 0 Å².